The van der Waals surface area contributed by atoms with Crippen molar-refractivity contribution in [3.63, 3.8) is 0 Å². The molecule has 0 saturated heterocycles. The topological polar surface area (TPSA) is 43.1 Å². The van der Waals surface area contributed by atoms with Crippen LogP contribution in [0.2, 0.25) is 0 Å². The van der Waals surface area contributed by atoms with Crippen LogP contribution >= 0.6 is 0 Å². The number of hydrogen-bond acceptors (Lipinski definition) is 1. The molecule has 2 unspecified atom stereocenters. The van der Waals surface area contributed by atoms with E-state index in [4.69, 9.17) is 5.73 Å². The Bertz CT molecular complexity index is 207. The Balaban J connectivity index is 2.09. The maximum Gasteiger partial charge on any atom is 0.244 e. The fourth-order valence-electron chi connectivity index (χ4n) is 1.71. The van der Waals surface area contributed by atoms with Crippen molar-refractivity contribution < 1.29 is 4.79 Å². The van der Waals surface area contributed by atoms with Gasteiger partial charge in [0.05, 0.1) is 0 Å². The number of nitrogens with two attached hydrogens (primary N) is 1. The molecule has 0 heterocycles. The van der Waals surface area contributed by atoms with Gasteiger partial charge in [-0.3, -0.25) is 4.79 Å². The van der Waals surface area contributed by atoms with Crippen LogP contribution in [0.5, 0.6) is 0 Å². The van der Waals surface area contributed by atoms with Crippen molar-refractivity contribution in [3.05, 3.63) is 11.6 Å². The van der Waals surface area contributed by atoms with Gasteiger partial charge in [0.25, 0.3) is 0 Å². The Morgan fingerprint density at radius 3 is 3.00 bits per heavy atom. The number of amides is 1. The van der Waals surface area contributed by atoms with Gasteiger partial charge in [-0.15, -0.1) is 0 Å². The minimum absolute atomic E-state index is 0.217. The van der Waals surface area contributed by atoms with E-state index in [1.54, 1.807) is 0 Å². The monoisotopic (exact) mass is 137 g/mol. The predicted molar refractivity (Wildman–Crippen MR) is 38.1 cm³/mol. The van der Waals surface area contributed by atoms with Crippen LogP contribution in [0.15, 0.2) is 11.6 Å². The third-order valence-electron chi connectivity index (χ3n) is 2.53. The first-order chi connectivity index (χ1) is 4.77. The first kappa shape index (κ1) is 5.96. The molecule has 0 bridgehead atoms. The van der Waals surface area contributed by atoms with Crippen LogP contribution in [0.1, 0.15) is 19.3 Å². The number of fused-ring (bicyclic) bond motifs is 1. The maximum absolute atomic E-state index is 10.7. The summed E-state index contributed by atoms with van der Waals surface area (Å²) >= 11 is 0. The Hall–Kier alpha value is -0.790. The summed E-state index contributed by atoms with van der Waals surface area (Å²) in [5, 5.41) is 0. The van der Waals surface area contributed by atoms with Gasteiger partial charge in [-0.1, -0.05) is 6.08 Å². The number of primary amides is 1. The van der Waals surface area contributed by atoms with E-state index in [1.165, 1.54) is 6.42 Å². The van der Waals surface area contributed by atoms with E-state index in [9.17, 15) is 4.79 Å². The summed E-state index contributed by atoms with van der Waals surface area (Å²) in [7, 11) is 0. The largest absolute Gasteiger partial charge is 0.366 e. The highest BCUT2D eigenvalue weighted by molar-refractivity contribution is 5.92. The Kier molecular flexibility index (Phi) is 1.10. The number of carbonyl (C=O) groups is 1. The standard InChI is InChI=1S/C8H11NO/c9-8(10)6-2-1-5-3-7(5)4-6/h2,5,7H,1,3-4H2,(H2,9,10). The van der Waals surface area contributed by atoms with Crippen molar-refractivity contribution in [2.24, 2.45) is 17.6 Å². The first-order valence-electron chi connectivity index (χ1n) is 3.76. The molecule has 2 N–H and O–H groups in total. The Morgan fingerprint density at radius 1 is 1.60 bits per heavy atom. The Morgan fingerprint density at radius 2 is 2.40 bits per heavy atom. The van der Waals surface area contributed by atoms with E-state index in [0.29, 0.717) is 0 Å². The zero-order chi connectivity index (χ0) is 7.14. The fourth-order valence-corrected chi connectivity index (χ4v) is 1.71. The third-order valence-corrected chi connectivity index (χ3v) is 2.53. The Labute approximate surface area is 60.1 Å². The van der Waals surface area contributed by atoms with Crippen LogP contribution in [0.3, 0.4) is 0 Å². The molecular formula is C8H11NO. The van der Waals surface area contributed by atoms with Crippen molar-refractivity contribution in [1.82, 2.24) is 0 Å². The van der Waals surface area contributed by atoms with Crippen LogP contribution in [-0.4, -0.2) is 5.91 Å². The van der Waals surface area contributed by atoms with Crippen LogP contribution < -0.4 is 5.73 Å². The lowest BCUT2D eigenvalue weighted by molar-refractivity contribution is -0.114. The lowest BCUT2D eigenvalue weighted by atomic mass is 9.99. The van der Waals surface area contributed by atoms with Crippen molar-refractivity contribution in [2.75, 3.05) is 0 Å². The van der Waals surface area contributed by atoms with Gasteiger partial charge in [0.15, 0.2) is 0 Å². The molecule has 10 heavy (non-hydrogen) atoms. The molecule has 54 valence electrons. The highest BCUT2D eigenvalue weighted by Gasteiger charge is 2.39. The summed E-state index contributed by atoms with van der Waals surface area (Å²) in [5.41, 5.74) is 6.00. The van der Waals surface area contributed by atoms with Crippen molar-refractivity contribution >= 4 is 5.91 Å². The van der Waals surface area contributed by atoms with E-state index >= 15 is 0 Å². The lowest BCUT2D eigenvalue weighted by Gasteiger charge is -2.07. The molecule has 0 spiro atoms. The first-order valence-corrected chi connectivity index (χ1v) is 3.76. The molecule has 0 aromatic carbocycles. The van der Waals surface area contributed by atoms with Gasteiger partial charge in [-0.2, -0.15) is 0 Å². The summed E-state index contributed by atoms with van der Waals surface area (Å²) in [6, 6.07) is 0. The van der Waals surface area contributed by atoms with Gasteiger partial charge in [0.2, 0.25) is 5.91 Å². The SMILES string of the molecule is NC(=O)C1=CCC2CC2C1. The molecular weight excluding hydrogens is 126 g/mol. The third kappa shape index (κ3) is 0.838. The van der Waals surface area contributed by atoms with Gasteiger partial charge < -0.3 is 5.73 Å². The molecule has 2 nitrogen and oxygen atoms in total. The maximum atomic E-state index is 10.7. The average molecular weight is 137 g/mol. The second-order valence-electron chi connectivity index (χ2n) is 3.29. The van der Waals surface area contributed by atoms with Gasteiger partial charge in [0.1, 0.15) is 0 Å². The average Bonchev–Trinajstić information content (AvgIpc) is 2.63. The molecule has 2 aliphatic carbocycles. The number of allylic oxidation sites excluding steroid dienone is 1. The zero-order valence-corrected chi connectivity index (χ0v) is 5.84. The van der Waals surface area contributed by atoms with Crippen LogP contribution in [0.25, 0.3) is 0 Å². The smallest absolute Gasteiger partial charge is 0.244 e. The second kappa shape index (κ2) is 1.84. The molecule has 0 aromatic heterocycles. The van der Waals surface area contributed by atoms with Gasteiger partial charge >= 0.3 is 0 Å². The van der Waals surface area contributed by atoms with E-state index < -0.39 is 0 Å². The van der Waals surface area contributed by atoms with E-state index in [-0.39, 0.29) is 5.91 Å². The molecule has 2 heteroatoms. The predicted octanol–water partition coefficient (Wildman–Crippen LogP) is 0.828. The lowest BCUT2D eigenvalue weighted by Crippen LogP contribution is -2.16. The second-order valence-corrected chi connectivity index (χ2v) is 3.29. The number of hydrogen-bond donors (Lipinski definition) is 1. The number of carbonyl (C=O) groups excluding carboxylic acids is 1. The van der Waals surface area contributed by atoms with Gasteiger partial charge in [-0.05, 0) is 31.1 Å². The van der Waals surface area contributed by atoms with Gasteiger partial charge in [-0.25, -0.2) is 0 Å². The fraction of sp³-hybridized carbons (Fsp3) is 0.625. The molecule has 1 saturated carbocycles. The minimum atomic E-state index is -0.217. The highest BCUT2D eigenvalue weighted by Crippen LogP contribution is 2.48. The molecule has 0 aromatic rings. The minimum Gasteiger partial charge on any atom is -0.366 e. The van der Waals surface area contributed by atoms with Crippen molar-refractivity contribution in [3.8, 4) is 0 Å². The molecule has 1 fully saturated rings. The normalized spacial score (nSPS) is 36.2. The van der Waals surface area contributed by atoms with Crippen LogP contribution in [-0.2, 0) is 4.79 Å². The number of rotatable bonds is 1. The summed E-state index contributed by atoms with van der Waals surface area (Å²) in [6.45, 7) is 0. The van der Waals surface area contributed by atoms with Crippen LogP contribution in [0, 0.1) is 11.8 Å². The van der Waals surface area contributed by atoms with Gasteiger partial charge in [0, 0.05) is 5.57 Å². The van der Waals surface area contributed by atoms with E-state index in [2.05, 4.69) is 0 Å². The molecule has 2 aliphatic rings. The quantitative estimate of drug-likeness (QED) is 0.571. The van der Waals surface area contributed by atoms with Crippen molar-refractivity contribution in [2.45, 2.75) is 19.3 Å². The molecule has 0 aliphatic heterocycles. The summed E-state index contributed by atoms with van der Waals surface area (Å²) < 4.78 is 0. The summed E-state index contributed by atoms with van der Waals surface area (Å²) in [6.07, 6.45) is 5.35. The van der Waals surface area contributed by atoms with E-state index in [1.807, 2.05) is 6.08 Å². The van der Waals surface area contributed by atoms with E-state index in [0.717, 1.165) is 30.3 Å². The van der Waals surface area contributed by atoms with Crippen LogP contribution in [0.4, 0.5) is 0 Å². The van der Waals surface area contributed by atoms with Crippen molar-refractivity contribution in [1.29, 1.82) is 0 Å². The molecule has 0 radical (unpaired) electrons. The highest BCUT2D eigenvalue weighted by atomic mass is 16.1. The summed E-state index contributed by atoms with van der Waals surface area (Å²) in [4.78, 5) is 10.7. The summed E-state index contributed by atoms with van der Waals surface area (Å²) in [5.74, 6) is 1.47. The zero-order valence-electron chi connectivity index (χ0n) is 5.84. The molecule has 2 atom stereocenters. The molecule has 2 rings (SSSR count). The molecule has 1 amide bonds.